The van der Waals surface area contributed by atoms with Gasteiger partial charge < -0.3 is 20.1 Å². The number of amides is 1. The van der Waals surface area contributed by atoms with Crippen molar-refractivity contribution in [3.8, 4) is 11.5 Å². The van der Waals surface area contributed by atoms with Crippen LogP contribution in [0.4, 0.5) is 24.5 Å². The standard InChI is InChI=1S/C22H20F3N3O3/c1-30-19-8-7-18(11-20(19)31-14-15-4-3-9-26-12-15)28-21(29)13-27-17-6-2-5-16(10-17)22(23,24)25/h2-12,27H,13-14H2,1H3,(H,28,29). The van der Waals surface area contributed by atoms with Crippen LogP contribution in [0.3, 0.4) is 0 Å². The molecule has 3 rings (SSSR count). The van der Waals surface area contributed by atoms with Crippen LogP contribution >= 0.6 is 0 Å². The van der Waals surface area contributed by atoms with Crippen LogP contribution in [0.5, 0.6) is 11.5 Å². The summed E-state index contributed by atoms with van der Waals surface area (Å²) in [5.74, 6) is 0.486. The van der Waals surface area contributed by atoms with E-state index in [-0.39, 0.29) is 18.8 Å². The van der Waals surface area contributed by atoms with Crippen LogP contribution in [-0.4, -0.2) is 24.5 Å². The Bertz CT molecular complexity index is 1030. The summed E-state index contributed by atoms with van der Waals surface area (Å²) in [5.41, 5.74) is 0.728. The predicted octanol–water partition coefficient (Wildman–Crippen LogP) is 4.74. The number of nitrogens with zero attached hydrogens (tertiary/aromatic N) is 1. The van der Waals surface area contributed by atoms with Crippen molar-refractivity contribution in [3.05, 3.63) is 78.1 Å². The molecule has 1 heterocycles. The highest BCUT2D eigenvalue weighted by Crippen LogP contribution is 2.32. The molecule has 3 aromatic rings. The molecule has 2 aromatic carbocycles. The number of carbonyl (C=O) groups excluding carboxylic acids is 1. The minimum Gasteiger partial charge on any atom is -0.493 e. The fraction of sp³-hybridized carbons (Fsp3) is 0.182. The monoisotopic (exact) mass is 431 g/mol. The highest BCUT2D eigenvalue weighted by atomic mass is 19.4. The van der Waals surface area contributed by atoms with Gasteiger partial charge in [0.05, 0.1) is 19.2 Å². The molecular weight excluding hydrogens is 411 g/mol. The third kappa shape index (κ3) is 6.36. The predicted molar refractivity (Wildman–Crippen MR) is 110 cm³/mol. The molecule has 0 aliphatic rings. The Kier molecular flexibility index (Phi) is 6.96. The maximum Gasteiger partial charge on any atom is 0.416 e. The molecular formula is C22H20F3N3O3. The van der Waals surface area contributed by atoms with Gasteiger partial charge in [0, 0.05) is 35.4 Å². The van der Waals surface area contributed by atoms with Crippen LogP contribution in [0.15, 0.2) is 67.0 Å². The van der Waals surface area contributed by atoms with Crippen molar-refractivity contribution in [1.82, 2.24) is 4.98 Å². The van der Waals surface area contributed by atoms with Gasteiger partial charge in [0.15, 0.2) is 11.5 Å². The van der Waals surface area contributed by atoms with Crippen molar-refractivity contribution in [1.29, 1.82) is 0 Å². The molecule has 0 bridgehead atoms. The second-order valence-corrected chi connectivity index (χ2v) is 6.50. The van der Waals surface area contributed by atoms with E-state index in [9.17, 15) is 18.0 Å². The number of alkyl halides is 3. The third-order valence-electron chi connectivity index (χ3n) is 4.21. The molecule has 9 heteroatoms. The maximum atomic E-state index is 12.8. The molecule has 162 valence electrons. The molecule has 0 saturated carbocycles. The zero-order chi connectivity index (χ0) is 22.3. The zero-order valence-electron chi connectivity index (χ0n) is 16.6. The van der Waals surface area contributed by atoms with Crippen LogP contribution < -0.4 is 20.1 Å². The molecule has 2 N–H and O–H groups in total. The topological polar surface area (TPSA) is 72.5 Å². The summed E-state index contributed by atoms with van der Waals surface area (Å²) >= 11 is 0. The van der Waals surface area contributed by atoms with Crippen LogP contribution in [0, 0.1) is 0 Å². The Hall–Kier alpha value is -3.75. The molecule has 0 saturated heterocycles. The quantitative estimate of drug-likeness (QED) is 0.539. The first-order valence-electron chi connectivity index (χ1n) is 9.26. The number of pyridine rings is 1. The van der Waals surface area contributed by atoms with Gasteiger partial charge >= 0.3 is 6.18 Å². The van der Waals surface area contributed by atoms with Gasteiger partial charge in [0.25, 0.3) is 0 Å². The number of hydrogen-bond acceptors (Lipinski definition) is 5. The van der Waals surface area contributed by atoms with Gasteiger partial charge in [-0.05, 0) is 36.4 Å². The van der Waals surface area contributed by atoms with E-state index in [2.05, 4.69) is 15.6 Å². The Morgan fingerprint density at radius 1 is 1.03 bits per heavy atom. The molecule has 0 radical (unpaired) electrons. The number of ether oxygens (including phenoxy) is 2. The zero-order valence-corrected chi connectivity index (χ0v) is 16.6. The number of nitrogens with one attached hydrogen (secondary N) is 2. The second kappa shape index (κ2) is 9.84. The highest BCUT2D eigenvalue weighted by Gasteiger charge is 2.30. The summed E-state index contributed by atoms with van der Waals surface area (Å²) < 4.78 is 49.4. The summed E-state index contributed by atoms with van der Waals surface area (Å²) in [4.78, 5) is 16.3. The van der Waals surface area contributed by atoms with Crippen molar-refractivity contribution in [3.63, 3.8) is 0 Å². The Morgan fingerprint density at radius 3 is 2.58 bits per heavy atom. The van der Waals surface area contributed by atoms with Crippen LogP contribution in [0.1, 0.15) is 11.1 Å². The first kappa shape index (κ1) is 21.9. The minimum atomic E-state index is -4.45. The Labute approximate surface area is 177 Å². The average Bonchev–Trinajstić information content (AvgIpc) is 2.77. The molecule has 1 amide bonds. The summed E-state index contributed by atoms with van der Waals surface area (Å²) in [7, 11) is 1.50. The molecule has 0 aliphatic carbocycles. The van der Waals surface area contributed by atoms with Crippen molar-refractivity contribution in [2.45, 2.75) is 12.8 Å². The number of carbonyl (C=O) groups is 1. The largest absolute Gasteiger partial charge is 0.493 e. The lowest BCUT2D eigenvalue weighted by atomic mass is 10.2. The summed E-state index contributed by atoms with van der Waals surface area (Å²) in [6.07, 6.45) is -1.11. The Morgan fingerprint density at radius 2 is 1.87 bits per heavy atom. The van der Waals surface area contributed by atoms with Crippen LogP contribution in [0.25, 0.3) is 0 Å². The number of benzene rings is 2. The average molecular weight is 431 g/mol. The molecule has 0 atom stereocenters. The third-order valence-corrected chi connectivity index (χ3v) is 4.21. The maximum absolute atomic E-state index is 12.8. The number of methoxy groups -OCH3 is 1. The number of anilines is 2. The minimum absolute atomic E-state index is 0.195. The first-order valence-corrected chi connectivity index (χ1v) is 9.26. The van der Waals surface area contributed by atoms with E-state index in [4.69, 9.17) is 9.47 Å². The van der Waals surface area contributed by atoms with Gasteiger partial charge in [-0.15, -0.1) is 0 Å². The number of rotatable bonds is 8. The van der Waals surface area contributed by atoms with Gasteiger partial charge in [0.1, 0.15) is 6.61 Å². The molecule has 31 heavy (non-hydrogen) atoms. The summed E-state index contributed by atoms with van der Waals surface area (Å²) in [6.45, 7) is 0.0535. The van der Waals surface area contributed by atoms with Gasteiger partial charge in [-0.3, -0.25) is 9.78 Å². The lowest BCUT2D eigenvalue weighted by molar-refractivity contribution is -0.137. The van der Waals surface area contributed by atoms with Gasteiger partial charge in [-0.25, -0.2) is 0 Å². The second-order valence-electron chi connectivity index (χ2n) is 6.50. The van der Waals surface area contributed by atoms with Crippen LogP contribution in [-0.2, 0) is 17.6 Å². The molecule has 0 unspecified atom stereocenters. The van der Waals surface area contributed by atoms with E-state index in [1.165, 1.54) is 19.2 Å². The van der Waals surface area contributed by atoms with Crippen molar-refractivity contribution in [2.24, 2.45) is 0 Å². The SMILES string of the molecule is COc1ccc(NC(=O)CNc2cccc(C(F)(F)F)c2)cc1OCc1cccnc1. The number of hydrogen-bond donors (Lipinski definition) is 2. The van der Waals surface area contributed by atoms with Gasteiger partial charge in [-0.1, -0.05) is 12.1 Å². The van der Waals surface area contributed by atoms with E-state index in [0.29, 0.717) is 17.2 Å². The van der Waals surface area contributed by atoms with Crippen molar-refractivity contribution >= 4 is 17.3 Å². The molecule has 1 aromatic heterocycles. The smallest absolute Gasteiger partial charge is 0.416 e. The van der Waals surface area contributed by atoms with E-state index < -0.39 is 17.6 Å². The fourth-order valence-corrected chi connectivity index (χ4v) is 2.70. The number of halogens is 3. The number of aromatic nitrogens is 1. The molecule has 0 spiro atoms. The highest BCUT2D eigenvalue weighted by molar-refractivity contribution is 5.94. The summed E-state index contributed by atoms with van der Waals surface area (Å²) in [6, 6.07) is 13.2. The normalized spacial score (nSPS) is 11.0. The molecule has 0 aliphatic heterocycles. The van der Waals surface area contributed by atoms with Crippen molar-refractivity contribution < 1.29 is 27.4 Å². The molecule has 0 fully saturated rings. The van der Waals surface area contributed by atoms with E-state index in [1.54, 1.807) is 36.7 Å². The van der Waals surface area contributed by atoms with Crippen LogP contribution in [0.2, 0.25) is 0 Å². The first-order chi connectivity index (χ1) is 14.8. The lowest BCUT2D eigenvalue weighted by Gasteiger charge is -2.14. The van der Waals surface area contributed by atoms with E-state index in [0.717, 1.165) is 17.7 Å². The Balaban J connectivity index is 1.60. The van der Waals surface area contributed by atoms with E-state index >= 15 is 0 Å². The van der Waals surface area contributed by atoms with Gasteiger partial charge in [0.2, 0.25) is 5.91 Å². The van der Waals surface area contributed by atoms with Crippen molar-refractivity contribution in [2.75, 3.05) is 24.3 Å². The van der Waals surface area contributed by atoms with E-state index in [1.807, 2.05) is 6.07 Å². The lowest BCUT2D eigenvalue weighted by Crippen LogP contribution is -2.22. The fourth-order valence-electron chi connectivity index (χ4n) is 2.70. The van der Waals surface area contributed by atoms with Gasteiger partial charge in [-0.2, -0.15) is 13.2 Å². The summed E-state index contributed by atoms with van der Waals surface area (Å²) in [5, 5.41) is 5.36. The molecule has 6 nitrogen and oxygen atoms in total.